The molecule has 0 bridgehead atoms. The number of carbonyl (C=O) groups excluding carboxylic acids is 3. The molecule has 2 fully saturated rings. The zero-order valence-electron chi connectivity index (χ0n) is 19.9. The van der Waals surface area contributed by atoms with E-state index >= 15 is 0 Å². The molecule has 2 amide bonds. The summed E-state index contributed by atoms with van der Waals surface area (Å²) in [5.74, 6) is -2.07. The van der Waals surface area contributed by atoms with Gasteiger partial charge in [0.1, 0.15) is 6.04 Å². The zero-order valence-corrected chi connectivity index (χ0v) is 20.7. The summed E-state index contributed by atoms with van der Waals surface area (Å²) in [6.45, 7) is 7.22. The highest BCUT2D eigenvalue weighted by Gasteiger charge is 2.74. The molecule has 4 aliphatic rings. The second-order valence-corrected chi connectivity index (χ2v) is 11.5. The van der Waals surface area contributed by atoms with Crippen molar-refractivity contribution in [2.24, 2.45) is 11.8 Å². The Labute approximate surface area is 200 Å². The number of fused-ring (bicyclic) bond motifs is 2. The van der Waals surface area contributed by atoms with Crippen LogP contribution in [0.4, 0.5) is 0 Å². The average Bonchev–Trinajstić information content (AvgIpc) is 3.14. The van der Waals surface area contributed by atoms with Gasteiger partial charge in [-0.3, -0.25) is 14.4 Å². The fourth-order valence-corrected chi connectivity index (χ4v) is 8.12. The lowest BCUT2D eigenvalue weighted by molar-refractivity contribution is -0.154. The number of carbonyl (C=O) groups is 3. The van der Waals surface area contributed by atoms with E-state index in [-0.39, 0.29) is 24.4 Å². The molecule has 0 aromatic rings. The Bertz CT molecular complexity index is 856. The van der Waals surface area contributed by atoms with E-state index in [0.29, 0.717) is 26.1 Å². The number of esters is 1. The first kappa shape index (κ1) is 24.3. The Morgan fingerprint density at radius 2 is 1.97 bits per heavy atom. The van der Waals surface area contributed by atoms with E-state index in [1.807, 2.05) is 30.9 Å². The van der Waals surface area contributed by atoms with Gasteiger partial charge in [-0.2, -0.15) is 0 Å². The number of hydrogen-bond acceptors (Lipinski definition) is 6. The molecule has 182 valence electrons. The van der Waals surface area contributed by atoms with Gasteiger partial charge in [0.15, 0.2) is 0 Å². The Kier molecular flexibility index (Phi) is 6.97. The number of amides is 2. The first-order chi connectivity index (χ1) is 15.8. The van der Waals surface area contributed by atoms with E-state index in [9.17, 15) is 19.5 Å². The number of cyclic esters (lactones) is 1. The van der Waals surface area contributed by atoms with Crippen molar-refractivity contribution in [1.82, 2.24) is 9.80 Å². The highest BCUT2D eigenvalue weighted by Crippen LogP contribution is 2.65. The van der Waals surface area contributed by atoms with Crippen LogP contribution in [0.15, 0.2) is 24.3 Å². The fraction of sp³-hybridized carbons (Fsp3) is 0.720. The largest absolute Gasteiger partial charge is 0.465 e. The molecule has 1 spiro atoms. The van der Waals surface area contributed by atoms with Gasteiger partial charge < -0.3 is 19.6 Å². The Hall–Kier alpha value is -1.80. The van der Waals surface area contributed by atoms with Crippen LogP contribution in [0.25, 0.3) is 0 Å². The first-order valence-electron chi connectivity index (χ1n) is 12.3. The van der Waals surface area contributed by atoms with Crippen molar-refractivity contribution in [3.05, 3.63) is 24.3 Å². The van der Waals surface area contributed by atoms with Crippen molar-refractivity contribution in [2.45, 2.75) is 74.5 Å². The van der Waals surface area contributed by atoms with Crippen LogP contribution in [0.5, 0.6) is 0 Å². The van der Waals surface area contributed by atoms with Gasteiger partial charge in [0, 0.05) is 17.8 Å². The van der Waals surface area contributed by atoms with Crippen LogP contribution in [-0.2, 0) is 19.1 Å². The molecule has 0 saturated carbocycles. The fourth-order valence-electron chi connectivity index (χ4n) is 5.98. The van der Waals surface area contributed by atoms with Gasteiger partial charge in [-0.1, -0.05) is 44.6 Å². The number of ether oxygens (including phenoxy) is 1. The lowest BCUT2D eigenvalue weighted by Gasteiger charge is -2.39. The average molecular weight is 477 g/mol. The van der Waals surface area contributed by atoms with Crippen LogP contribution >= 0.6 is 11.8 Å². The van der Waals surface area contributed by atoms with Gasteiger partial charge in [-0.15, -0.1) is 11.8 Å². The number of aliphatic hydroxyl groups is 1. The standard InChI is InChI=1S/C25H36N2O5S/c1-4-6-13-26-14-10-12-25-18(21(29)27(17(5-2)16-28)20(25)22(26)30)19-23(31)32-15-9-7-8-11-24(19,3)33-25/h8,10-12,17-20,28H,4-7,9,13-16H2,1-3H3/b11-8-/t17-,18-,19+,20?,24-,25-/m0/s1. The third kappa shape index (κ3) is 3.83. The molecule has 1 unspecified atom stereocenters. The molecule has 4 heterocycles. The number of unbranched alkanes of at least 4 members (excludes halogenated alkanes) is 1. The van der Waals surface area contributed by atoms with Gasteiger partial charge in [0.2, 0.25) is 11.8 Å². The number of nitrogens with zero attached hydrogens (tertiary/aromatic N) is 2. The molecule has 6 atom stereocenters. The van der Waals surface area contributed by atoms with E-state index in [2.05, 4.69) is 19.1 Å². The molecule has 0 aromatic carbocycles. The predicted octanol–water partition coefficient (Wildman–Crippen LogP) is 2.54. The van der Waals surface area contributed by atoms with Gasteiger partial charge in [-0.05, 0) is 32.6 Å². The summed E-state index contributed by atoms with van der Waals surface area (Å²) in [6.07, 6.45) is 12.1. The maximum Gasteiger partial charge on any atom is 0.311 e. The molecule has 7 nitrogen and oxygen atoms in total. The van der Waals surface area contributed by atoms with Gasteiger partial charge in [-0.25, -0.2) is 0 Å². The number of aliphatic hydroxyl groups excluding tert-OH is 1. The predicted molar refractivity (Wildman–Crippen MR) is 127 cm³/mol. The summed E-state index contributed by atoms with van der Waals surface area (Å²) < 4.78 is 4.09. The molecule has 4 rings (SSSR count). The summed E-state index contributed by atoms with van der Waals surface area (Å²) in [5, 5.41) is 10.1. The van der Waals surface area contributed by atoms with E-state index in [1.165, 1.54) is 0 Å². The van der Waals surface area contributed by atoms with Crippen molar-refractivity contribution in [3.63, 3.8) is 0 Å². The maximum atomic E-state index is 14.1. The quantitative estimate of drug-likeness (QED) is 0.468. The first-order valence-corrected chi connectivity index (χ1v) is 13.1. The Morgan fingerprint density at radius 1 is 1.18 bits per heavy atom. The molecule has 0 aromatic heterocycles. The Balaban J connectivity index is 1.86. The zero-order chi connectivity index (χ0) is 23.8. The number of allylic oxidation sites excluding steroid dienone is 1. The number of thioether (sulfide) groups is 1. The van der Waals surface area contributed by atoms with Crippen LogP contribution in [0.1, 0.15) is 52.9 Å². The summed E-state index contributed by atoms with van der Waals surface area (Å²) >= 11 is 1.56. The normalized spacial score (nSPS) is 37.9. The summed E-state index contributed by atoms with van der Waals surface area (Å²) in [7, 11) is 0. The van der Waals surface area contributed by atoms with Gasteiger partial charge >= 0.3 is 5.97 Å². The second kappa shape index (κ2) is 9.45. The minimum atomic E-state index is -0.875. The Morgan fingerprint density at radius 3 is 2.67 bits per heavy atom. The minimum Gasteiger partial charge on any atom is -0.465 e. The molecule has 1 N–H and O–H groups in total. The summed E-state index contributed by atoms with van der Waals surface area (Å²) in [5.41, 5.74) is 0. The lowest BCUT2D eigenvalue weighted by Crippen LogP contribution is -2.56. The van der Waals surface area contributed by atoms with Crippen molar-refractivity contribution < 1.29 is 24.2 Å². The molecule has 0 radical (unpaired) electrons. The number of likely N-dealkylation sites (tertiary alicyclic amines) is 1. The van der Waals surface area contributed by atoms with Crippen LogP contribution in [0.2, 0.25) is 0 Å². The molecule has 4 aliphatic heterocycles. The summed E-state index contributed by atoms with van der Waals surface area (Å²) in [4.78, 5) is 44.9. The van der Waals surface area contributed by atoms with Crippen LogP contribution < -0.4 is 0 Å². The number of hydrogen-bond donors (Lipinski definition) is 1. The van der Waals surface area contributed by atoms with E-state index < -0.39 is 33.4 Å². The van der Waals surface area contributed by atoms with Crippen molar-refractivity contribution in [1.29, 1.82) is 0 Å². The van der Waals surface area contributed by atoms with E-state index in [0.717, 1.165) is 25.7 Å². The summed E-state index contributed by atoms with van der Waals surface area (Å²) in [6, 6.07) is -1.22. The highest BCUT2D eigenvalue weighted by atomic mass is 32.2. The van der Waals surface area contributed by atoms with Crippen LogP contribution in [0.3, 0.4) is 0 Å². The topological polar surface area (TPSA) is 87.2 Å². The van der Waals surface area contributed by atoms with Crippen molar-refractivity contribution >= 4 is 29.5 Å². The third-order valence-corrected chi connectivity index (χ3v) is 9.43. The smallest absolute Gasteiger partial charge is 0.311 e. The highest BCUT2D eigenvalue weighted by molar-refractivity contribution is 8.02. The van der Waals surface area contributed by atoms with Gasteiger partial charge in [0.25, 0.3) is 0 Å². The monoisotopic (exact) mass is 476 g/mol. The lowest BCUT2D eigenvalue weighted by atomic mass is 9.74. The van der Waals surface area contributed by atoms with E-state index in [4.69, 9.17) is 4.74 Å². The molecule has 2 saturated heterocycles. The molecular formula is C25H36N2O5S. The molecule has 33 heavy (non-hydrogen) atoms. The van der Waals surface area contributed by atoms with Crippen molar-refractivity contribution in [3.8, 4) is 0 Å². The minimum absolute atomic E-state index is 0.0869. The second-order valence-electron chi connectivity index (χ2n) is 9.74. The maximum absolute atomic E-state index is 14.1. The molecular weight excluding hydrogens is 440 g/mol. The molecule has 8 heteroatoms. The third-order valence-electron chi connectivity index (χ3n) is 7.63. The van der Waals surface area contributed by atoms with Crippen LogP contribution in [0, 0.1) is 11.8 Å². The van der Waals surface area contributed by atoms with Crippen LogP contribution in [-0.4, -0.2) is 80.6 Å². The molecule has 0 aliphatic carbocycles. The number of rotatable bonds is 6. The van der Waals surface area contributed by atoms with Crippen molar-refractivity contribution in [2.75, 3.05) is 26.3 Å². The van der Waals surface area contributed by atoms with Gasteiger partial charge in [0.05, 0.1) is 35.8 Å². The van der Waals surface area contributed by atoms with E-state index in [1.54, 1.807) is 16.7 Å². The SMILES string of the molecule is CCCCN1CC=C[C@]23S[C@@]4(C)/C=C\CCCOC(=O)[C@H]4[C@H]2C(=O)N([C@@H](CC)CO)C3C1=O.